The zero-order valence-electron chi connectivity index (χ0n) is 17.8. The normalized spacial score (nSPS) is 20.8. The third-order valence-corrected chi connectivity index (χ3v) is 7.95. The minimum Gasteiger partial charge on any atom is -0.362 e. The molecule has 0 unspecified atom stereocenters. The topological polar surface area (TPSA) is 71.1 Å². The lowest BCUT2D eigenvalue weighted by Crippen LogP contribution is -2.36. The number of amides is 1. The van der Waals surface area contributed by atoms with Gasteiger partial charge in [0.15, 0.2) is 5.78 Å². The van der Waals surface area contributed by atoms with Gasteiger partial charge in [-0.3, -0.25) is 9.59 Å². The molecule has 5 rings (SSSR count). The summed E-state index contributed by atoms with van der Waals surface area (Å²) in [7, 11) is 0. The molecule has 162 valence electrons. The summed E-state index contributed by atoms with van der Waals surface area (Å²) in [4.78, 5) is 33.6. The number of dihydropyridines is 1. The number of aryl methyl sites for hydroxylation is 1. The van der Waals surface area contributed by atoms with E-state index in [4.69, 9.17) is 0 Å². The van der Waals surface area contributed by atoms with E-state index in [0.717, 1.165) is 34.0 Å². The second-order valence-corrected chi connectivity index (χ2v) is 10.1. The number of allylic oxidation sites excluding steroid dienone is 3. The molecule has 0 spiro atoms. The van der Waals surface area contributed by atoms with Crippen molar-refractivity contribution in [1.82, 2.24) is 10.3 Å². The summed E-state index contributed by atoms with van der Waals surface area (Å²) in [6.07, 6.45) is 1.24. The van der Waals surface area contributed by atoms with Gasteiger partial charge in [-0.1, -0.05) is 18.2 Å². The molecule has 0 radical (unpaired) electrons. The number of aromatic nitrogens is 1. The van der Waals surface area contributed by atoms with E-state index in [0.29, 0.717) is 17.8 Å². The van der Waals surface area contributed by atoms with Crippen LogP contribution in [-0.2, 0) is 9.59 Å². The molecule has 3 aromatic heterocycles. The second-order valence-electron chi connectivity index (χ2n) is 8.17. The Hall–Kier alpha value is -3.03. The summed E-state index contributed by atoms with van der Waals surface area (Å²) < 4.78 is 0. The maximum Gasteiger partial charge on any atom is 0.255 e. The van der Waals surface area contributed by atoms with Crippen LogP contribution in [0.2, 0.25) is 0 Å². The number of hydrogen-bond donors (Lipinski definition) is 2. The SMILES string of the molecule is CC1=C(C(=O)Nc2cccc(C)n2)[C@H](c2cccs2)C2=C(C[C@H](c3cccs3)CC2=O)N1. The molecule has 32 heavy (non-hydrogen) atoms. The predicted molar refractivity (Wildman–Crippen MR) is 129 cm³/mol. The van der Waals surface area contributed by atoms with Gasteiger partial charge in [-0.05, 0) is 55.3 Å². The molecule has 0 fully saturated rings. The fourth-order valence-electron chi connectivity index (χ4n) is 4.60. The van der Waals surface area contributed by atoms with E-state index in [1.807, 2.05) is 49.6 Å². The van der Waals surface area contributed by atoms with Gasteiger partial charge in [0, 0.05) is 50.3 Å². The number of hydrogen-bond acceptors (Lipinski definition) is 6. The van der Waals surface area contributed by atoms with Crippen LogP contribution in [0.25, 0.3) is 0 Å². The van der Waals surface area contributed by atoms with Crippen molar-refractivity contribution in [3.8, 4) is 0 Å². The Labute approximate surface area is 194 Å². The van der Waals surface area contributed by atoms with Crippen molar-refractivity contribution in [3.63, 3.8) is 0 Å². The quantitative estimate of drug-likeness (QED) is 0.537. The number of rotatable bonds is 4. The Morgan fingerprint density at radius 3 is 2.47 bits per heavy atom. The van der Waals surface area contributed by atoms with Gasteiger partial charge < -0.3 is 10.6 Å². The van der Waals surface area contributed by atoms with Crippen LogP contribution in [0, 0.1) is 6.92 Å². The molecule has 1 amide bonds. The molecular weight excluding hydrogens is 438 g/mol. The lowest BCUT2D eigenvalue weighted by Gasteiger charge is -2.36. The number of thiophene rings is 2. The molecule has 4 heterocycles. The maximum atomic E-state index is 13.5. The Bertz CT molecular complexity index is 1240. The molecule has 2 atom stereocenters. The maximum absolute atomic E-state index is 13.5. The number of carbonyl (C=O) groups is 2. The Kier molecular flexibility index (Phi) is 5.53. The van der Waals surface area contributed by atoms with E-state index in [1.165, 1.54) is 4.88 Å². The molecule has 1 aliphatic heterocycles. The number of Topliss-reactive ketones (excluding diaryl/α,β-unsaturated/α-hetero) is 1. The molecule has 2 N–H and O–H groups in total. The lowest BCUT2D eigenvalue weighted by atomic mass is 9.74. The monoisotopic (exact) mass is 461 g/mol. The van der Waals surface area contributed by atoms with Crippen LogP contribution in [0.3, 0.4) is 0 Å². The van der Waals surface area contributed by atoms with E-state index in [9.17, 15) is 9.59 Å². The minimum atomic E-state index is -0.368. The first kappa shape index (κ1) is 20.8. The Morgan fingerprint density at radius 1 is 1.03 bits per heavy atom. The highest BCUT2D eigenvalue weighted by atomic mass is 32.1. The predicted octanol–water partition coefficient (Wildman–Crippen LogP) is 5.51. The molecule has 3 aromatic rings. The van der Waals surface area contributed by atoms with E-state index >= 15 is 0 Å². The zero-order chi connectivity index (χ0) is 22.2. The molecule has 1 aliphatic carbocycles. The summed E-state index contributed by atoms with van der Waals surface area (Å²) in [5, 5.41) is 10.4. The molecule has 0 bridgehead atoms. The minimum absolute atomic E-state index is 0.113. The summed E-state index contributed by atoms with van der Waals surface area (Å²) in [5.74, 6) is 0.200. The Morgan fingerprint density at radius 2 is 1.78 bits per heavy atom. The fraction of sp³-hybridized carbons (Fsp3) is 0.240. The van der Waals surface area contributed by atoms with Crippen LogP contribution < -0.4 is 10.6 Å². The van der Waals surface area contributed by atoms with Crippen LogP contribution >= 0.6 is 22.7 Å². The molecule has 0 saturated carbocycles. The summed E-state index contributed by atoms with van der Waals surface area (Å²) in [6.45, 7) is 3.81. The van der Waals surface area contributed by atoms with Crippen molar-refractivity contribution >= 4 is 40.2 Å². The smallest absolute Gasteiger partial charge is 0.255 e. The molecule has 7 heteroatoms. The van der Waals surface area contributed by atoms with Crippen molar-refractivity contribution in [2.24, 2.45) is 0 Å². The standard InChI is InChI=1S/C25H23N3O2S2/c1-14-6-3-9-21(26-14)28-25(30)22-15(2)27-17-12-16(19-7-4-10-31-19)13-18(29)23(17)24(22)20-8-5-11-32-20/h3-11,16,24,27H,12-13H2,1-2H3,(H,26,28,30)/t16-,24-/m0/s1. The van der Waals surface area contributed by atoms with Gasteiger partial charge in [0.25, 0.3) is 5.91 Å². The van der Waals surface area contributed by atoms with Gasteiger partial charge >= 0.3 is 0 Å². The molecule has 5 nitrogen and oxygen atoms in total. The van der Waals surface area contributed by atoms with Crippen molar-refractivity contribution in [3.05, 3.63) is 91.2 Å². The third kappa shape index (κ3) is 3.82. The number of carbonyl (C=O) groups excluding carboxylic acids is 2. The van der Waals surface area contributed by atoms with Gasteiger partial charge in [-0.15, -0.1) is 22.7 Å². The van der Waals surface area contributed by atoms with Gasteiger partial charge in [0.1, 0.15) is 5.82 Å². The average molecular weight is 462 g/mol. The number of nitrogens with zero attached hydrogens (tertiary/aromatic N) is 1. The molecule has 0 saturated heterocycles. The van der Waals surface area contributed by atoms with Gasteiger partial charge in [-0.25, -0.2) is 4.98 Å². The third-order valence-electron chi connectivity index (χ3n) is 5.98. The largest absolute Gasteiger partial charge is 0.362 e. The molecule has 0 aromatic carbocycles. The highest BCUT2D eigenvalue weighted by molar-refractivity contribution is 7.10. The second kappa shape index (κ2) is 8.48. The lowest BCUT2D eigenvalue weighted by molar-refractivity contribution is -0.116. The highest BCUT2D eigenvalue weighted by Crippen LogP contribution is 2.47. The number of ketones is 1. The van der Waals surface area contributed by atoms with Crippen molar-refractivity contribution in [2.45, 2.75) is 38.5 Å². The summed E-state index contributed by atoms with van der Waals surface area (Å²) in [5.41, 5.74) is 3.87. The highest BCUT2D eigenvalue weighted by Gasteiger charge is 2.41. The van der Waals surface area contributed by atoms with Crippen LogP contribution in [0.5, 0.6) is 0 Å². The molecule has 2 aliphatic rings. The average Bonchev–Trinajstić information content (AvgIpc) is 3.47. The Balaban J connectivity index is 1.53. The first-order chi connectivity index (χ1) is 15.5. The summed E-state index contributed by atoms with van der Waals surface area (Å²) >= 11 is 3.27. The first-order valence-electron chi connectivity index (χ1n) is 10.6. The van der Waals surface area contributed by atoms with E-state index in [2.05, 4.69) is 27.1 Å². The zero-order valence-corrected chi connectivity index (χ0v) is 19.5. The van der Waals surface area contributed by atoms with Crippen LogP contribution in [0.1, 0.15) is 47.0 Å². The van der Waals surface area contributed by atoms with Gasteiger partial charge in [-0.2, -0.15) is 0 Å². The summed E-state index contributed by atoms with van der Waals surface area (Å²) in [6, 6.07) is 13.6. The van der Waals surface area contributed by atoms with Crippen molar-refractivity contribution in [2.75, 3.05) is 5.32 Å². The molecular formula is C25H23N3O2S2. The number of pyridine rings is 1. The van der Waals surface area contributed by atoms with E-state index < -0.39 is 0 Å². The van der Waals surface area contributed by atoms with E-state index in [1.54, 1.807) is 28.7 Å². The van der Waals surface area contributed by atoms with Crippen molar-refractivity contribution in [1.29, 1.82) is 0 Å². The fourth-order valence-corrected chi connectivity index (χ4v) is 6.27. The number of anilines is 1. The van der Waals surface area contributed by atoms with E-state index in [-0.39, 0.29) is 23.5 Å². The first-order valence-corrected chi connectivity index (χ1v) is 12.3. The number of nitrogens with one attached hydrogen (secondary N) is 2. The van der Waals surface area contributed by atoms with Crippen LogP contribution in [0.15, 0.2) is 75.8 Å². The van der Waals surface area contributed by atoms with Gasteiger partial charge in [0.2, 0.25) is 0 Å². The van der Waals surface area contributed by atoms with Crippen LogP contribution in [0.4, 0.5) is 5.82 Å². The van der Waals surface area contributed by atoms with Gasteiger partial charge in [0.05, 0.1) is 5.92 Å². The van der Waals surface area contributed by atoms with Crippen LogP contribution in [-0.4, -0.2) is 16.7 Å². The van der Waals surface area contributed by atoms with Crippen molar-refractivity contribution < 1.29 is 9.59 Å².